The Morgan fingerprint density at radius 1 is 1.00 bits per heavy atom. The number of ketones is 1. The molecule has 2 rings (SSSR count). The SMILES string of the molecule is O=C1CCCC2CCCCC12. The highest BCUT2D eigenvalue weighted by atomic mass is 16.1. The third kappa shape index (κ3) is 1.33. The van der Waals surface area contributed by atoms with Gasteiger partial charge in [0.2, 0.25) is 0 Å². The maximum absolute atomic E-state index is 11.4. The van der Waals surface area contributed by atoms with Crippen LogP contribution >= 0.6 is 0 Å². The summed E-state index contributed by atoms with van der Waals surface area (Å²) in [6.07, 6.45) is 8.57. The van der Waals surface area contributed by atoms with Crippen molar-refractivity contribution in [2.24, 2.45) is 11.8 Å². The van der Waals surface area contributed by atoms with Crippen molar-refractivity contribution < 1.29 is 4.79 Å². The van der Waals surface area contributed by atoms with Crippen LogP contribution in [0.4, 0.5) is 0 Å². The second-order valence-corrected chi connectivity index (χ2v) is 4.01. The van der Waals surface area contributed by atoms with Crippen LogP contribution in [-0.4, -0.2) is 5.78 Å². The summed E-state index contributed by atoms with van der Waals surface area (Å²) >= 11 is 0. The lowest BCUT2D eigenvalue weighted by Gasteiger charge is -2.33. The van der Waals surface area contributed by atoms with Crippen molar-refractivity contribution in [1.29, 1.82) is 0 Å². The minimum atomic E-state index is 0.484. The van der Waals surface area contributed by atoms with Gasteiger partial charge in [0.15, 0.2) is 0 Å². The van der Waals surface area contributed by atoms with Crippen molar-refractivity contribution in [3.63, 3.8) is 0 Å². The van der Waals surface area contributed by atoms with Crippen molar-refractivity contribution in [3.8, 4) is 0 Å². The van der Waals surface area contributed by atoms with Crippen molar-refractivity contribution in [1.82, 2.24) is 0 Å². The van der Waals surface area contributed by atoms with Gasteiger partial charge >= 0.3 is 0 Å². The van der Waals surface area contributed by atoms with Crippen LogP contribution in [0.2, 0.25) is 0 Å². The van der Waals surface area contributed by atoms with E-state index in [9.17, 15) is 4.79 Å². The standard InChI is InChI=1S/C10H16O/c11-10-7-3-5-8-4-1-2-6-9(8)10/h8-9H,1-7H2. The van der Waals surface area contributed by atoms with Gasteiger partial charge in [-0.2, -0.15) is 0 Å². The van der Waals surface area contributed by atoms with Crippen molar-refractivity contribution >= 4 is 5.78 Å². The van der Waals surface area contributed by atoms with Gasteiger partial charge in [0.25, 0.3) is 0 Å². The Hall–Kier alpha value is -0.330. The molecule has 2 atom stereocenters. The molecule has 0 amide bonds. The van der Waals surface area contributed by atoms with E-state index in [-0.39, 0.29) is 0 Å². The smallest absolute Gasteiger partial charge is 0.136 e. The van der Waals surface area contributed by atoms with E-state index in [1.54, 1.807) is 0 Å². The van der Waals surface area contributed by atoms with Crippen LogP contribution < -0.4 is 0 Å². The second kappa shape index (κ2) is 2.96. The van der Waals surface area contributed by atoms with Gasteiger partial charge in [-0.05, 0) is 31.6 Å². The third-order valence-electron chi connectivity index (χ3n) is 3.32. The molecule has 0 aromatic carbocycles. The van der Waals surface area contributed by atoms with E-state index in [2.05, 4.69) is 0 Å². The van der Waals surface area contributed by atoms with E-state index >= 15 is 0 Å². The van der Waals surface area contributed by atoms with Crippen LogP contribution in [-0.2, 0) is 4.79 Å². The predicted octanol–water partition coefficient (Wildman–Crippen LogP) is 2.55. The minimum Gasteiger partial charge on any atom is -0.299 e. The molecule has 11 heavy (non-hydrogen) atoms. The van der Waals surface area contributed by atoms with Gasteiger partial charge in [0.1, 0.15) is 5.78 Å². The van der Waals surface area contributed by atoms with Crippen LogP contribution in [0.3, 0.4) is 0 Å². The summed E-state index contributed by atoms with van der Waals surface area (Å²) in [6, 6.07) is 0. The fourth-order valence-electron chi connectivity index (χ4n) is 2.70. The highest BCUT2D eigenvalue weighted by molar-refractivity contribution is 5.82. The first-order valence-corrected chi connectivity index (χ1v) is 4.90. The monoisotopic (exact) mass is 152 g/mol. The van der Waals surface area contributed by atoms with Gasteiger partial charge in [-0.1, -0.05) is 12.8 Å². The molecule has 0 saturated heterocycles. The van der Waals surface area contributed by atoms with Gasteiger partial charge in [-0.3, -0.25) is 4.79 Å². The van der Waals surface area contributed by atoms with Crippen molar-refractivity contribution in [3.05, 3.63) is 0 Å². The highest BCUT2D eigenvalue weighted by Crippen LogP contribution is 2.38. The Kier molecular flexibility index (Phi) is 1.97. The number of Topliss-reactive ketones (excluding diaryl/α,β-unsaturated/α-hetero) is 1. The van der Waals surface area contributed by atoms with E-state index in [1.807, 2.05) is 0 Å². The first kappa shape index (κ1) is 7.33. The number of hydrogen-bond donors (Lipinski definition) is 0. The van der Waals surface area contributed by atoms with Gasteiger partial charge in [-0.25, -0.2) is 0 Å². The number of rotatable bonds is 0. The Morgan fingerprint density at radius 2 is 1.73 bits per heavy atom. The topological polar surface area (TPSA) is 17.1 Å². The summed E-state index contributed by atoms with van der Waals surface area (Å²) in [5.74, 6) is 1.84. The van der Waals surface area contributed by atoms with Gasteiger partial charge in [0, 0.05) is 12.3 Å². The molecule has 1 nitrogen and oxygen atoms in total. The number of carbonyl (C=O) groups excluding carboxylic acids is 1. The van der Waals surface area contributed by atoms with Crippen molar-refractivity contribution in [2.75, 3.05) is 0 Å². The molecule has 0 aliphatic heterocycles. The molecule has 0 bridgehead atoms. The average molecular weight is 152 g/mol. The molecule has 62 valence electrons. The molecule has 0 aromatic rings. The molecular formula is C10H16O. The largest absolute Gasteiger partial charge is 0.299 e. The molecule has 2 saturated carbocycles. The van der Waals surface area contributed by atoms with E-state index < -0.39 is 0 Å². The average Bonchev–Trinajstić information content (AvgIpc) is 2.06. The molecule has 2 aliphatic rings. The number of fused-ring (bicyclic) bond motifs is 1. The Labute approximate surface area is 68.2 Å². The zero-order chi connectivity index (χ0) is 7.68. The molecular weight excluding hydrogens is 136 g/mol. The summed E-state index contributed by atoms with van der Waals surface area (Å²) < 4.78 is 0. The van der Waals surface area contributed by atoms with Crippen LogP contribution in [0, 0.1) is 11.8 Å². The molecule has 2 unspecified atom stereocenters. The predicted molar refractivity (Wildman–Crippen MR) is 44.3 cm³/mol. The normalized spacial score (nSPS) is 38.4. The summed E-state index contributed by atoms with van der Waals surface area (Å²) in [4.78, 5) is 11.4. The van der Waals surface area contributed by atoms with Gasteiger partial charge in [0.05, 0.1) is 0 Å². The quantitative estimate of drug-likeness (QED) is 0.521. The lowest BCUT2D eigenvalue weighted by molar-refractivity contribution is -0.127. The van der Waals surface area contributed by atoms with Crippen LogP contribution in [0.15, 0.2) is 0 Å². The van der Waals surface area contributed by atoms with E-state index in [4.69, 9.17) is 0 Å². The molecule has 2 fully saturated rings. The fourth-order valence-corrected chi connectivity index (χ4v) is 2.70. The third-order valence-corrected chi connectivity index (χ3v) is 3.32. The zero-order valence-electron chi connectivity index (χ0n) is 7.01. The van der Waals surface area contributed by atoms with Crippen LogP contribution in [0.1, 0.15) is 44.9 Å². The van der Waals surface area contributed by atoms with E-state index in [0.29, 0.717) is 11.7 Å². The maximum atomic E-state index is 11.4. The van der Waals surface area contributed by atoms with Crippen molar-refractivity contribution in [2.45, 2.75) is 44.9 Å². The summed E-state index contributed by atoms with van der Waals surface area (Å²) in [7, 11) is 0. The summed E-state index contributed by atoms with van der Waals surface area (Å²) in [5, 5.41) is 0. The van der Waals surface area contributed by atoms with Crippen LogP contribution in [0.25, 0.3) is 0 Å². The van der Waals surface area contributed by atoms with Crippen LogP contribution in [0.5, 0.6) is 0 Å². The molecule has 1 heteroatoms. The Morgan fingerprint density at radius 3 is 2.55 bits per heavy atom. The van der Waals surface area contributed by atoms with Gasteiger partial charge in [-0.15, -0.1) is 0 Å². The van der Waals surface area contributed by atoms with Gasteiger partial charge < -0.3 is 0 Å². The summed E-state index contributed by atoms with van der Waals surface area (Å²) in [5.41, 5.74) is 0. The molecule has 0 radical (unpaired) electrons. The molecule has 0 N–H and O–H groups in total. The molecule has 0 aromatic heterocycles. The maximum Gasteiger partial charge on any atom is 0.136 e. The summed E-state index contributed by atoms with van der Waals surface area (Å²) in [6.45, 7) is 0. The lowest BCUT2D eigenvalue weighted by atomic mass is 9.70. The minimum absolute atomic E-state index is 0.484. The molecule has 2 aliphatic carbocycles. The number of hydrogen-bond acceptors (Lipinski definition) is 1. The van der Waals surface area contributed by atoms with E-state index in [0.717, 1.165) is 12.3 Å². The second-order valence-electron chi connectivity index (χ2n) is 4.01. The first-order chi connectivity index (χ1) is 5.38. The molecule has 0 heterocycles. The zero-order valence-corrected chi connectivity index (χ0v) is 7.01. The number of carbonyl (C=O) groups is 1. The lowest BCUT2D eigenvalue weighted by Crippen LogP contribution is -2.30. The van der Waals surface area contributed by atoms with E-state index in [1.165, 1.54) is 38.5 Å². The Balaban J connectivity index is 2.05. The fraction of sp³-hybridized carbons (Fsp3) is 0.900. The highest BCUT2D eigenvalue weighted by Gasteiger charge is 2.32. The molecule has 0 spiro atoms. The Bertz CT molecular complexity index is 160. The first-order valence-electron chi connectivity index (χ1n) is 4.90.